The van der Waals surface area contributed by atoms with Gasteiger partial charge < -0.3 is 15.5 Å². The summed E-state index contributed by atoms with van der Waals surface area (Å²) in [4.78, 5) is 27.6. The van der Waals surface area contributed by atoms with Crippen molar-refractivity contribution in [1.82, 2.24) is 19.9 Å². The number of benzene rings is 1. The van der Waals surface area contributed by atoms with Gasteiger partial charge in [0.25, 0.3) is 0 Å². The van der Waals surface area contributed by atoms with E-state index >= 15 is 0 Å². The first kappa shape index (κ1) is 20.7. The summed E-state index contributed by atoms with van der Waals surface area (Å²) < 4.78 is 13.9. The van der Waals surface area contributed by atoms with Gasteiger partial charge in [0.2, 0.25) is 5.91 Å². The van der Waals surface area contributed by atoms with Gasteiger partial charge in [-0.15, -0.1) is 0 Å². The lowest BCUT2D eigenvalue weighted by molar-refractivity contribution is -0.130. The maximum absolute atomic E-state index is 13.9. The SMILES string of the molecule is Cc1ccc(F)c(NCC(=O)N2CCC(c3cncc(Nc4ccccn4)n3)CC2)c1. The van der Waals surface area contributed by atoms with E-state index in [9.17, 15) is 9.18 Å². The minimum atomic E-state index is -0.352. The highest BCUT2D eigenvalue weighted by Crippen LogP contribution is 2.27. The second-order valence-corrected chi connectivity index (χ2v) is 7.66. The average Bonchev–Trinajstić information content (AvgIpc) is 2.80. The first-order valence-electron chi connectivity index (χ1n) is 10.4. The van der Waals surface area contributed by atoms with Gasteiger partial charge in [0.05, 0.1) is 24.1 Å². The van der Waals surface area contributed by atoms with Gasteiger partial charge in [-0.3, -0.25) is 9.78 Å². The standard InChI is InChI=1S/C23H25FN6O/c1-16-5-6-18(24)19(12-16)27-15-23(31)30-10-7-17(8-11-30)20-13-25-14-22(28-20)29-21-4-2-3-9-26-21/h2-6,9,12-14,17,27H,7-8,10-11,15H2,1H3,(H,26,28,29). The third-order valence-corrected chi connectivity index (χ3v) is 5.39. The van der Waals surface area contributed by atoms with Crippen molar-refractivity contribution in [3.05, 3.63) is 72.1 Å². The molecule has 160 valence electrons. The van der Waals surface area contributed by atoms with Crippen molar-refractivity contribution in [3.8, 4) is 0 Å². The Balaban J connectivity index is 1.30. The van der Waals surface area contributed by atoms with Crippen molar-refractivity contribution < 1.29 is 9.18 Å². The number of rotatable bonds is 6. The van der Waals surface area contributed by atoms with Gasteiger partial charge in [0, 0.05) is 31.4 Å². The molecule has 31 heavy (non-hydrogen) atoms. The van der Waals surface area contributed by atoms with Crippen LogP contribution >= 0.6 is 0 Å². The summed E-state index contributed by atoms with van der Waals surface area (Å²) in [6, 6.07) is 10.5. The zero-order chi connectivity index (χ0) is 21.6. The zero-order valence-electron chi connectivity index (χ0n) is 17.4. The van der Waals surface area contributed by atoms with E-state index in [4.69, 9.17) is 0 Å². The molecule has 1 amide bonds. The number of amides is 1. The number of carbonyl (C=O) groups excluding carboxylic acids is 1. The average molecular weight is 420 g/mol. The summed E-state index contributed by atoms with van der Waals surface area (Å²) in [6.07, 6.45) is 6.80. The number of piperidine rings is 1. The Labute approximate surface area is 180 Å². The monoisotopic (exact) mass is 420 g/mol. The Morgan fingerprint density at radius 1 is 1.16 bits per heavy atom. The van der Waals surface area contributed by atoms with Gasteiger partial charge in [0.15, 0.2) is 0 Å². The number of hydrogen-bond donors (Lipinski definition) is 2. The number of likely N-dealkylation sites (tertiary alicyclic amines) is 1. The Kier molecular flexibility index (Phi) is 6.35. The molecule has 1 aliphatic rings. The van der Waals surface area contributed by atoms with Gasteiger partial charge in [-0.1, -0.05) is 12.1 Å². The molecule has 0 radical (unpaired) electrons. The normalized spacial score (nSPS) is 14.3. The highest BCUT2D eigenvalue weighted by atomic mass is 19.1. The maximum Gasteiger partial charge on any atom is 0.241 e. The first-order valence-corrected chi connectivity index (χ1v) is 10.4. The second kappa shape index (κ2) is 9.51. The quantitative estimate of drug-likeness (QED) is 0.630. The maximum atomic E-state index is 13.9. The lowest BCUT2D eigenvalue weighted by Gasteiger charge is -2.32. The van der Waals surface area contributed by atoms with Crippen LogP contribution in [-0.2, 0) is 4.79 Å². The highest BCUT2D eigenvalue weighted by Gasteiger charge is 2.25. The van der Waals surface area contributed by atoms with Crippen molar-refractivity contribution in [1.29, 1.82) is 0 Å². The van der Waals surface area contributed by atoms with Crippen LogP contribution in [0.2, 0.25) is 0 Å². The summed E-state index contributed by atoms with van der Waals surface area (Å²) in [5, 5.41) is 6.08. The molecule has 2 N–H and O–H groups in total. The highest BCUT2D eigenvalue weighted by molar-refractivity contribution is 5.81. The predicted molar refractivity (Wildman–Crippen MR) is 118 cm³/mol. The van der Waals surface area contributed by atoms with Crippen LogP contribution < -0.4 is 10.6 Å². The van der Waals surface area contributed by atoms with Crippen LogP contribution in [0.4, 0.5) is 21.7 Å². The number of nitrogens with one attached hydrogen (secondary N) is 2. The Bertz CT molecular complexity index is 1040. The van der Waals surface area contributed by atoms with E-state index in [2.05, 4.69) is 25.6 Å². The fourth-order valence-corrected chi connectivity index (χ4v) is 3.69. The fourth-order valence-electron chi connectivity index (χ4n) is 3.69. The first-order chi connectivity index (χ1) is 15.1. The smallest absolute Gasteiger partial charge is 0.241 e. The number of carbonyl (C=O) groups is 1. The van der Waals surface area contributed by atoms with E-state index < -0.39 is 0 Å². The molecule has 1 aromatic carbocycles. The number of halogens is 1. The van der Waals surface area contributed by atoms with Gasteiger partial charge in [-0.2, -0.15) is 0 Å². The topological polar surface area (TPSA) is 83.0 Å². The Morgan fingerprint density at radius 3 is 2.77 bits per heavy atom. The molecule has 3 heterocycles. The molecule has 8 heteroatoms. The van der Waals surface area contributed by atoms with E-state index in [-0.39, 0.29) is 24.2 Å². The third kappa shape index (κ3) is 5.33. The van der Waals surface area contributed by atoms with E-state index in [1.165, 1.54) is 6.07 Å². The molecule has 0 atom stereocenters. The van der Waals surface area contributed by atoms with Crippen molar-refractivity contribution in [2.45, 2.75) is 25.7 Å². The van der Waals surface area contributed by atoms with E-state index in [0.29, 0.717) is 30.4 Å². The van der Waals surface area contributed by atoms with Crippen LogP contribution in [0.25, 0.3) is 0 Å². The van der Waals surface area contributed by atoms with Gasteiger partial charge in [-0.25, -0.2) is 14.4 Å². The van der Waals surface area contributed by atoms with Gasteiger partial charge >= 0.3 is 0 Å². The molecule has 4 rings (SSSR count). The molecule has 0 aliphatic carbocycles. The lowest BCUT2D eigenvalue weighted by atomic mass is 9.93. The predicted octanol–water partition coefficient (Wildman–Crippen LogP) is 3.88. The minimum absolute atomic E-state index is 0.0315. The minimum Gasteiger partial charge on any atom is -0.374 e. The number of pyridine rings is 1. The lowest BCUT2D eigenvalue weighted by Crippen LogP contribution is -2.41. The molecule has 0 bridgehead atoms. The molecule has 1 saturated heterocycles. The summed E-state index contributed by atoms with van der Waals surface area (Å²) in [6.45, 7) is 3.25. The van der Waals surface area contributed by atoms with Gasteiger partial charge in [-0.05, 0) is 49.6 Å². The van der Waals surface area contributed by atoms with Crippen LogP contribution in [0.1, 0.15) is 30.0 Å². The molecule has 2 aromatic heterocycles. The van der Waals surface area contributed by atoms with Gasteiger partial charge in [0.1, 0.15) is 17.5 Å². The van der Waals surface area contributed by atoms with Crippen molar-refractivity contribution in [3.63, 3.8) is 0 Å². The summed E-state index contributed by atoms with van der Waals surface area (Å²) in [7, 11) is 0. The number of aryl methyl sites for hydroxylation is 1. The third-order valence-electron chi connectivity index (χ3n) is 5.39. The van der Waals surface area contributed by atoms with E-state index in [0.717, 1.165) is 24.1 Å². The zero-order valence-corrected chi connectivity index (χ0v) is 17.4. The molecule has 0 unspecified atom stereocenters. The van der Waals surface area contributed by atoms with Crippen LogP contribution in [0.5, 0.6) is 0 Å². The molecular weight excluding hydrogens is 395 g/mol. The molecule has 3 aromatic rings. The largest absolute Gasteiger partial charge is 0.374 e. The molecule has 1 aliphatic heterocycles. The molecular formula is C23H25FN6O. The van der Waals surface area contributed by atoms with Crippen molar-refractivity contribution in [2.75, 3.05) is 30.3 Å². The van der Waals surface area contributed by atoms with Crippen molar-refractivity contribution >= 4 is 23.2 Å². The van der Waals surface area contributed by atoms with Crippen molar-refractivity contribution in [2.24, 2.45) is 0 Å². The Hall–Kier alpha value is -3.55. The van der Waals surface area contributed by atoms with E-state index in [1.54, 1.807) is 30.7 Å². The number of anilines is 3. The Morgan fingerprint density at radius 2 is 2.00 bits per heavy atom. The second-order valence-electron chi connectivity index (χ2n) is 7.66. The molecule has 1 fully saturated rings. The number of nitrogens with zero attached hydrogens (tertiary/aromatic N) is 4. The fraction of sp³-hybridized carbons (Fsp3) is 0.304. The van der Waals surface area contributed by atoms with Crippen LogP contribution in [0.3, 0.4) is 0 Å². The summed E-state index contributed by atoms with van der Waals surface area (Å²) in [5.41, 5.74) is 2.21. The number of hydrogen-bond acceptors (Lipinski definition) is 6. The number of aromatic nitrogens is 3. The summed E-state index contributed by atoms with van der Waals surface area (Å²) >= 11 is 0. The summed E-state index contributed by atoms with van der Waals surface area (Å²) in [5.74, 6) is 1.22. The molecule has 0 saturated carbocycles. The molecule has 7 nitrogen and oxygen atoms in total. The van der Waals surface area contributed by atoms with Crippen LogP contribution in [0.15, 0.2) is 55.0 Å². The van der Waals surface area contributed by atoms with Crippen LogP contribution in [0, 0.1) is 12.7 Å². The molecule has 0 spiro atoms. The van der Waals surface area contributed by atoms with E-state index in [1.807, 2.05) is 30.0 Å². The van der Waals surface area contributed by atoms with Crippen LogP contribution in [-0.4, -0.2) is 45.4 Å².